The van der Waals surface area contributed by atoms with Crippen LogP contribution in [0.4, 0.5) is 4.39 Å². The maximum Gasteiger partial charge on any atom is 0.335 e. The molecule has 1 aromatic carbocycles. The summed E-state index contributed by atoms with van der Waals surface area (Å²) in [5, 5.41) is 8.93. The lowest BCUT2D eigenvalue weighted by molar-refractivity contribution is 0.0696. The summed E-state index contributed by atoms with van der Waals surface area (Å²) in [6.07, 6.45) is 2.41. The van der Waals surface area contributed by atoms with E-state index < -0.39 is 21.8 Å². The molecule has 116 valence electrons. The van der Waals surface area contributed by atoms with Crippen molar-refractivity contribution in [2.75, 3.05) is 0 Å². The Morgan fingerprint density at radius 3 is 2.57 bits per heavy atom. The van der Waals surface area contributed by atoms with Crippen LogP contribution >= 0.6 is 0 Å². The van der Waals surface area contributed by atoms with Crippen LogP contribution in [0.1, 0.15) is 42.1 Å². The minimum Gasteiger partial charge on any atom is -0.478 e. The second kappa shape index (κ2) is 5.73. The van der Waals surface area contributed by atoms with Crippen molar-refractivity contribution in [1.82, 2.24) is 4.72 Å². The Bertz CT molecular complexity index is 672. The van der Waals surface area contributed by atoms with Crippen LogP contribution in [0.2, 0.25) is 0 Å². The molecule has 7 heteroatoms. The Hall–Kier alpha value is -1.47. The average molecular weight is 315 g/mol. The Labute approximate surface area is 123 Å². The molecule has 0 saturated heterocycles. The molecule has 0 amide bonds. The topological polar surface area (TPSA) is 83.5 Å². The lowest BCUT2D eigenvalue weighted by Gasteiger charge is -2.15. The minimum atomic E-state index is -3.93. The van der Waals surface area contributed by atoms with Crippen molar-refractivity contribution < 1.29 is 22.7 Å². The second-order valence-electron chi connectivity index (χ2n) is 5.62. The summed E-state index contributed by atoms with van der Waals surface area (Å²) in [5.41, 5.74) is -0.447. The molecule has 0 radical (unpaired) electrons. The first-order valence-corrected chi connectivity index (χ1v) is 8.25. The first-order chi connectivity index (χ1) is 9.70. The van der Waals surface area contributed by atoms with Crippen LogP contribution in [-0.2, 0) is 10.0 Å². The van der Waals surface area contributed by atoms with Crippen molar-refractivity contribution >= 4 is 16.0 Å². The van der Waals surface area contributed by atoms with Gasteiger partial charge in [-0.15, -0.1) is 0 Å². The largest absolute Gasteiger partial charge is 0.478 e. The highest BCUT2D eigenvalue weighted by Crippen LogP contribution is 2.27. The lowest BCUT2D eigenvalue weighted by Crippen LogP contribution is -2.33. The van der Waals surface area contributed by atoms with Gasteiger partial charge in [-0.3, -0.25) is 0 Å². The van der Waals surface area contributed by atoms with Crippen molar-refractivity contribution in [1.29, 1.82) is 0 Å². The van der Waals surface area contributed by atoms with Crippen LogP contribution < -0.4 is 4.72 Å². The van der Waals surface area contributed by atoms with Crippen molar-refractivity contribution in [3.05, 3.63) is 29.1 Å². The van der Waals surface area contributed by atoms with Crippen LogP contribution in [0.3, 0.4) is 0 Å². The molecule has 0 aliphatic heterocycles. The van der Waals surface area contributed by atoms with E-state index in [0.717, 1.165) is 31.4 Å². The summed E-state index contributed by atoms with van der Waals surface area (Å²) in [4.78, 5) is 10.6. The van der Waals surface area contributed by atoms with E-state index in [1.165, 1.54) is 6.92 Å². The van der Waals surface area contributed by atoms with Gasteiger partial charge in [-0.05, 0) is 44.2 Å². The van der Waals surface area contributed by atoms with Gasteiger partial charge in [0.25, 0.3) is 0 Å². The number of nitrogens with one attached hydrogen (secondary N) is 1. The molecule has 1 saturated carbocycles. The summed E-state index contributed by atoms with van der Waals surface area (Å²) in [6, 6.07) is 1.65. The highest BCUT2D eigenvalue weighted by atomic mass is 32.2. The predicted octanol–water partition coefficient (Wildman–Crippen LogP) is 2.30. The smallest absolute Gasteiger partial charge is 0.335 e. The molecule has 2 unspecified atom stereocenters. The number of aromatic carboxylic acids is 1. The lowest BCUT2D eigenvalue weighted by atomic mass is 10.1. The summed E-state index contributed by atoms with van der Waals surface area (Å²) in [5.74, 6) is -1.75. The fraction of sp³-hybridized carbons (Fsp3) is 0.500. The highest BCUT2D eigenvalue weighted by Gasteiger charge is 2.28. The van der Waals surface area contributed by atoms with Gasteiger partial charge in [0.15, 0.2) is 0 Å². The van der Waals surface area contributed by atoms with E-state index in [2.05, 4.69) is 4.72 Å². The molecule has 0 heterocycles. The molecule has 5 nitrogen and oxygen atoms in total. The highest BCUT2D eigenvalue weighted by molar-refractivity contribution is 7.89. The number of carboxylic acids is 1. The molecule has 0 aromatic heterocycles. The number of carboxylic acid groups (broad SMARTS) is 1. The van der Waals surface area contributed by atoms with Crippen molar-refractivity contribution in [2.24, 2.45) is 5.92 Å². The number of halogens is 1. The third-order valence-electron chi connectivity index (χ3n) is 3.85. The Balaban J connectivity index is 2.37. The minimum absolute atomic E-state index is 0.0708. The summed E-state index contributed by atoms with van der Waals surface area (Å²) in [6.45, 7) is 3.37. The molecule has 2 atom stereocenters. The fourth-order valence-electron chi connectivity index (χ4n) is 2.65. The van der Waals surface area contributed by atoms with Gasteiger partial charge in [0.05, 0.1) is 10.5 Å². The first kappa shape index (κ1) is 15.9. The molecule has 2 N–H and O–H groups in total. The van der Waals surface area contributed by atoms with E-state index in [9.17, 15) is 17.6 Å². The summed E-state index contributed by atoms with van der Waals surface area (Å²) in [7, 11) is -3.93. The van der Waals surface area contributed by atoms with Gasteiger partial charge in [0.1, 0.15) is 5.82 Å². The predicted molar refractivity (Wildman–Crippen MR) is 75.2 cm³/mol. The molecule has 1 aromatic rings. The van der Waals surface area contributed by atoms with Crippen LogP contribution in [0, 0.1) is 18.7 Å². The zero-order valence-electron chi connectivity index (χ0n) is 11.9. The first-order valence-electron chi connectivity index (χ1n) is 6.76. The van der Waals surface area contributed by atoms with Gasteiger partial charge in [0.2, 0.25) is 10.0 Å². The van der Waals surface area contributed by atoms with E-state index in [-0.39, 0.29) is 22.1 Å². The zero-order valence-corrected chi connectivity index (χ0v) is 12.7. The molecule has 1 fully saturated rings. The Kier molecular flexibility index (Phi) is 4.34. The average Bonchev–Trinajstić information content (AvgIpc) is 2.76. The third kappa shape index (κ3) is 3.41. The van der Waals surface area contributed by atoms with E-state index in [0.29, 0.717) is 5.92 Å². The molecular weight excluding hydrogens is 297 g/mol. The number of sulfonamides is 1. The molecule has 2 rings (SSSR count). The molecule has 21 heavy (non-hydrogen) atoms. The molecule has 1 aliphatic rings. The van der Waals surface area contributed by atoms with Gasteiger partial charge in [-0.25, -0.2) is 22.3 Å². The van der Waals surface area contributed by atoms with Gasteiger partial charge < -0.3 is 5.11 Å². The second-order valence-corrected chi connectivity index (χ2v) is 7.31. The maximum atomic E-state index is 13.8. The quantitative estimate of drug-likeness (QED) is 0.893. The zero-order chi connectivity index (χ0) is 15.8. The third-order valence-corrected chi connectivity index (χ3v) is 5.50. The van der Waals surface area contributed by atoms with Gasteiger partial charge in [-0.1, -0.05) is 6.92 Å². The molecular formula is C14H18FNO4S. The van der Waals surface area contributed by atoms with E-state index in [1.54, 1.807) is 0 Å². The molecule has 0 spiro atoms. The molecule has 1 aliphatic carbocycles. The van der Waals surface area contributed by atoms with Crippen LogP contribution in [-0.4, -0.2) is 25.5 Å². The van der Waals surface area contributed by atoms with Gasteiger partial charge >= 0.3 is 5.97 Å². The van der Waals surface area contributed by atoms with Crippen molar-refractivity contribution in [3.63, 3.8) is 0 Å². The van der Waals surface area contributed by atoms with E-state index >= 15 is 0 Å². The van der Waals surface area contributed by atoms with E-state index in [4.69, 9.17) is 5.11 Å². The van der Waals surface area contributed by atoms with Crippen molar-refractivity contribution in [2.45, 2.75) is 44.0 Å². The summed E-state index contributed by atoms with van der Waals surface area (Å²) >= 11 is 0. The fourth-order valence-corrected chi connectivity index (χ4v) is 4.22. The van der Waals surface area contributed by atoms with Crippen LogP contribution in [0.5, 0.6) is 0 Å². The molecule has 0 bridgehead atoms. The number of hydrogen-bond donors (Lipinski definition) is 2. The monoisotopic (exact) mass is 315 g/mol. The number of rotatable bonds is 4. The Morgan fingerprint density at radius 2 is 2.05 bits per heavy atom. The standard InChI is InChI=1S/C14H18FNO4S/c1-8-3-4-11(5-8)16-21(19,20)13-7-10(14(17)18)6-12(15)9(13)2/h6-8,11,16H,3-5H2,1-2H3,(H,17,18). The summed E-state index contributed by atoms with van der Waals surface area (Å²) < 4.78 is 41.0. The van der Waals surface area contributed by atoms with Crippen molar-refractivity contribution in [3.8, 4) is 0 Å². The van der Waals surface area contributed by atoms with Gasteiger partial charge in [0, 0.05) is 11.6 Å². The maximum absolute atomic E-state index is 13.8. The number of carbonyl (C=O) groups is 1. The van der Waals surface area contributed by atoms with E-state index in [1.807, 2.05) is 6.92 Å². The SMILES string of the molecule is Cc1c(F)cc(C(=O)O)cc1S(=O)(=O)NC1CCC(C)C1. The van der Waals surface area contributed by atoms with Crippen LogP contribution in [0.15, 0.2) is 17.0 Å². The Morgan fingerprint density at radius 1 is 1.38 bits per heavy atom. The number of benzene rings is 1. The normalized spacial score (nSPS) is 22.4. The number of hydrogen-bond acceptors (Lipinski definition) is 3. The van der Waals surface area contributed by atoms with Crippen LogP contribution in [0.25, 0.3) is 0 Å². The van der Waals surface area contributed by atoms with Gasteiger partial charge in [-0.2, -0.15) is 0 Å².